The Hall–Kier alpha value is -1.06. The topological polar surface area (TPSA) is 49.4 Å². The highest BCUT2D eigenvalue weighted by atomic mass is 35.5. The third-order valence-electron chi connectivity index (χ3n) is 2.64. The Balaban J connectivity index is 3.21. The van der Waals surface area contributed by atoms with Crippen LogP contribution in [-0.2, 0) is 16.6 Å². The highest BCUT2D eigenvalue weighted by Gasteiger charge is 2.22. The second-order valence-electron chi connectivity index (χ2n) is 3.92. The highest BCUT2D eigenvalue weighted by Crippen LogP contribution is 2.22. The van der Waals surface area contributed by atoms with E-state index in [-0.39, 0.29) is 11.4 Å². The molecule has 6 heteroatoms. The van der Waals surface area contributed by atoms with Crippen molar-refractivity contribution >= 4 is 21.6 Å². The number of nitrogens with one attached hydrogen (secondary N) is 1. The van der Waals surface area contributed by atoms with Crippen molar-refractivity contribution in [2.24, 2.45) is 0 Å². The number of rotatable bonds is 6. The molecule has 0 aromatic heterocycles. The number of hydrogen-bond donors (Lipinski definition) is 1. The second-order valence-corrected chi connectivity index (χ2v) is 6.26. The molecule has 0 heterocycles. The summed E-state index contributed by atoms with van der Waals surface area (Å²) in [5, 5.41) is 3.48. The first-order chi connectivity index (χ1) is 8.97. The molecule has 0 spiro atoms. The Morgan fingerprint density at radius 3 is 2.68 bits per heavy atom. The Kier molecular flexibility index (Phi) is 5.83. The molecule has 1 N–H and O–H groups in total. The van der Waals surface area contributed by atoms with Crippen molar-refractivity contribution in [3.05, 3.63) is 28.8 Å². The quantitative estimate of drug-likeness (QED) is 0.814. The smallest absolute Gasteiger partial charge is 0.243 e. The summed E-state index contributed by atoms with van der Waals surface area (Å²) in [5.74, 6) is 2.35. The van der Waals surface area contributed by atoms with E-state index in [1.807, 2.05) is 0 Å². The van der Waals surface area contributed by atoms with Gasteiger partial charge in [-0.3, -0.25) is 0 Å². The summed E-state index contributed by atoms with van der Waals surface area (Å²) in [6.07, 6.45) is 5.19. The van der Waals surface area contributed by atoms with E-state index in [1.165, 1.54) is 10.4 Å². The molecule has 0 saturated heterocycles. The summed E-state index contributed by atoms with van der Waals surface area (Å²) in [5.41, 5.74) is 0.738. The van der Waals surface area contributed by atoms with E-state index in [0.29, 0.717) is 18.1 Å². The molecule has 0 amide bonds. The van der Waals surface area contributed by atoms with Crippen molar-refractivity contribution in [2.75, 3.05) is 20.1 Å². The van der Waals surface area contributed by atoms with Crippen LogP contribution in [0.5, 0.6) is 0 Å². The first kappa shape index (κ1) is 16.0. The predicted octanol–water partition coefficient (Wildman–Crippen LogP) is 1.70. The van der Waals surface area contributed by atoms with Gasteiger partial charge in [0.1, 0.15) is 0 Å². The summed E-state index contributed by atoms with van der Waals surface area (Å²) in [7, 11) is -1.79. The first-order valence-electron chi connectivity index (χ1n) is 5.84. The predicted molar refractivity (Wildman–Crippen MR) is 77.5 cm³/mol. The third-order valence-corrected chi connectivity index (χ3v) is 4.93. The number of halogens is 1. The van der Waals surface area contributed by atoms with Gasteiger partial charge in [0.25, 0.3) is 0 Å². The molecule has 0 aliphatic heterocycles. The average Bonchev–Trinajstić information content (AvgIpc) is 2.38. The number of hydrogen-bond acceptors (Lipinski definition) is 3. The maximum atomic E-state index is 12.4. The summed E-state index contributed by atoms with van der Waals surface area (Å²) in [4.78, 5) is 0.208. The zero-order valence-electron chi connectivity index (χ0n) is 11.0. The SMILES string of the molecule is C#CCN(CC)S(=O)(=O)c1ccc(Cl)c(CNC)c1. The minimum absolute atomic E-state index is 0.0584. The number of nitrogens with zero attached hydrogens (tertiary/aromatic N) is 1. The molecule has 0 bridgehead atoms. The Morgan fingerprint density at radius 1 is 1.47 bits per heavy atom. The van der Waals surface area contributed by atoms with Gasteiger partial charge in [-0.15, -0.1) is 6.42 Å². The van der Waals surface area contributed by atoms with Gasteiger partial charge in [0, 0.05) is 18.1 Å². The number of terminal acetylenes is 1. The first-order valence-corrected chi connectivity index (χ1v) is 7.65. The standard InChI is InChI=1S/C13H17ClN2O2S/c1-4-8-16(5-2)19(17,18)12-6-7-13(14)11(9-12)10-15-3/h1,6-7,9,15H,5,8,10H2,2-3H3. The second kappa shape index (κ2) is 6.92. The molecule has 1 aromatic rings. The van der Waals surface area contributed by atoms with E-state index >= 15 is 0 Å². The molecule has 4 nitrogen and oxygen atoms in total. The van der Waals surface area contributed by atoms with Crippen LogP contribution >= 0.6 is 11.6 Å². The molecule has 0 aliphatic rings. The van der Waals surface area contributed by atoms with Crippen molar-refractivity contribution in [3.8, 4) is 12.3 Å². The van der Waals surface area contributed by atoms with E-state index < -0.39 is 10.0 Å². The van der Waals surface area contributed by atoms with Gasteiger partial charge in [0.15, 0.2) is 0 Å². The van der Waals surface area contributed by atoms with Crippen LogP contribution in [0.4, 0.5) is 0 Å². The number of sulfonamides is 1. The summed E-state index contributed by atoms with van der Waals surface area (Å²) < 4.78 is 26.0. The monoisotopic (exact) mass is 300 g/mol. The summed E-state index contributed by atoms with van der Waals surface area (Å²) >= 11 is 6.02. The molecule has 0 saturated carbocycles. The maximum absolute atomic E-state index is 12.4. The minimum Gasteiger partial charge on any atom is -0.316 e. The fourth-order valence-electron chi connectivity index (χ4n) is 1.66. The maximum Gasteiger partial charge on any atom is 0.243 e. The summed E-state index contributed by atoms with van der Waals surface area (Å²) in [6, 6.07) is 4.66. The molecule has 0 unspecified atom stereocenters. The molecule has 104 valence electrons. The molecule has 0 aliphatic carbocycles. The van der Waals surface area contributed by atoms with Gasteiger partial charge in [-0.25, -0.2) is 8.42 Å². The van der Waals surface area contributed by atoms with Crippen LogP contribution in [-0.4, -0.2) is 32.9 Å². The van der Waals surface area contributed by atoms with Crippen molar-refractivity contribution in [2.45, 2.75) is 18.4 Å². The van der Waals surface area contributed by atoms with Crippen molar-refractivity contribution < 1.29 is 8.42 Å². The van der Waals surface area contributed by atoms with E-state index in [0.717, 1.165) is 5.56 Å². The largest absolute Gasteiger partial charge is 0.316 e. The van der Waals surface area contributed by atoms with Crippen molar-refractivity contribution in [1.82, 2.24) is 9.62 Å². The van der Waals surface area contributed by atoms with Gasteiger partial charge in [-0.05, 0) is 30.8 Å². The van der Waals surface area contributed by atoms with Crippen molar-refractivity contribution in [1.29, 1.82) is 0 Å². The van der Waals surface area contributed by atoms with Crippen LogP contribution in [0.1, 0.15) is 12.5 Å². The lowest BCUT2D eigenvalue weighted by Gasteiger charge is -2.18. The van der Waals surface area contributed by atoms with E-state index in [2.05, 4.69) is 11.2 Å². The third kappa shape index (κ3) is 3.71. The zero-order chi connectivity index (χ0) is 14.5. The Bertz CT molecular complexity index is 579. The van der Waals surface area contributed by atoms with Gasteiger partial charge < -0.3 is 5.32 Å². The van der Waals surface area contributed by atoms with E-state index in [1.54, 1.807) is 26.1 Å². The lowest BCUT2D eigenvalue weighted by atomic mass is 10.2. The van der Waals surface area contributed by atoms with E-state index in [9.17, 15) is 8.42 Å². The van der Waals surface area contributed by atoms with Gasteiger partial charge in [0.2, 0.25) is 10.0 Å². The van der Waals surface area contributed by atoms with Crippen LogP contribution < -0.4 is 5.32 Å². The molecule has 0 fully saturated rings. The molecule has 0 radical (unpaired) electrons. The molecule has 19 heavy (non-hydrogen) atoms. The highest BCUT2D eigenvalue weighted by molar-refractivity contribution is 7.89. The normalized spacial score (nSPS) is 11.5. The van der Waals surface area contributed by atoms with Crippen LogP contribution in [0.2, 0.25) is 5.02 Å². The fraction of sp³-hybridized carbons (Fsp3) is 0.385. The molecular weight excluding hydrogens is 284 g/mol. The van der Waals surface area contributed by atoms with Gasteiger partial charge >= 0.3 is 0 Å². The number of benzene rings is 1. The molecule has 1 aromatic carbocycles. The van der Waals surface area contributed by atoms with Gasteiger partial charge in [-0.2, -0.15) is 4.31 Å². The zero-order valence-corrected chi connectivity index (χ0v) is 12.6. The van der Waals surface area contributed by atoms with Gasteiger partial charge in [0.05, 0.1) is 11.4 Å². The molecular formula is C13H17ClN2O2S. The van der Waals surface area contributed by atoms with Crippen LogP contribution in [0.15, 0.2) is 23.1 Å². The average molecular weight is 301 g/mol. The van der Waals surface area contributed by atoms with Gasteiger partial charge in [-0.1, -0.05) is 24.4 Å². The lowest BCUT2D eigenvalue weighted by molar-refractivity contribution is 0.464. The van der Waals surface area contributed by atoms with Crippen LogP contribution in [0.3, 0.4) is 0 Å². The van der Waals surface area contributed by atoms with Crippen LogP contribution in [0.25, 0.3) is 0 Å². The summed E-state index contributed by atoms with van der Waals surface area (Å²) in [6.45, 7) is 2.64. The molecule has 1 rings (SSSR count). The Labute approximate surface area is 119 Å². The van der Waals surface area contributed by atoms with E-state index in [4.69, 9.17) is 18.0 Å². The minimum atomic E-state index is -3.57. The molecule has 0 atom stereocenters. The lowest BCUT2D eigenvalue weighted by Crippen LogP contribution is -2.31. The fourth-order valence-corrected chi connectivity index (χ4v) is 3.25. The van der Waals surface area contributed by atoms with Crippen molar-refractivity contribution in [3.63, 3.8) is 0 Å². The van der Waals surface area contributed by atoms with Crippen LogP contribution in [0, 0.1) is 12.3 Å². The Morgan fingerprint density at radius 2 is 2.16 bits per heavy atom.